The molecular weight excluding hydrogens is 494 g/mol. The molecule has 0 aliphatic rings. The maximum atomic E-state index is 13.4. The molecule has 0 unspecified atom stereocenters. The topological polar surface area (TPSA) is 59.9 Å². The number of hydrogen-bond acceptors (Lipinski definition) is 3. The van der Waals surface area contributed by atoms with Crippen molar-refractivity contribution >= 4 is 35.1 Å². The van der Waals surface area contributed by atoms with Crippen LogP contribution >= 0.6 is 23.2 Å². The van der Waals surface area contributed by atoms with E-state index in [0.717, 1.165) is 12.1 Å². The van der Waals surface area contributed by atoms with Crippen LogP contribution in [0, 0.1) is 0 Å². The third-order valence-corrected chi connectivity index (χ3v) is 4.40. The monoisotopic (exact) mass is 512 g/mol. The molecule has 2 aromatic rings. The molecule has 1 N–H and O–H groups in total. The van der Waals surface area contributed by atoms with Crippen LogP contribution in [0.2, 0.25) is 0 Å². The van der Waals surface area contributed by atoms with Crippen molar-refractivity contribution < 1.29 is 36.2 Å². The second-order valence-corrected chi connectivity index (χ2v) is 7.99. The first-order valence-electron chi connectivity index (χ1n) is 9.43. The molecule has 0 heterocycles. The van der Waals surface area contributed by atoms with E-state index in [0.29, 0.717) is 5.56 Å². The predicted molar refractivity (Wildman–Crippen MR) is 114 cm³/mol. The molecule has 0 saturated carbocycles. The molecule has 5 nitrogen and oxygen atoms in total. The van der Waals surface area contributed by atoms with E-state index in [1.807, 2.05) is 0 Å². The van der Waals surface area contributed by atoms with Crippen molar-refractivity contribution in [2.75, 3.05) is 0 Å². The Bertz CT molecular complexity index is 981. The molecule has 0 saturated heterocycles. The number of hydrogen-bond donors (Lipinski definition) is 1. The molecule has 0 atom stereocenters. The summed E-state index contributed by atoms with van der Waals surface area (Å²) in [5.41, 5.74) is -0.904. The maximum Gasteiger partial charge on any atom is 0.428 e. The molecule has 2 rings (SSSR count). The Morgan fingerprint density at radius 3 is 2.18 bits per heavy atom. The molecule has 2 amide bonds. The lowest BCUT2D eigenvalue weighted by Crippen LogP contribution is -2.32. The Kier molecular flexibility index (Phi) is 8.90. The average molecular weight is 513 g/mol. The van der Waals surface area contributed by atoms with Gasteiger partial charge in [0.15, 0.2) is 0 Å². The van der Waals surface area contributed by atoms with E-state index < -0.39 is 40.7 Å². The molecule has 0 aliphatic carbocycles. The number of alkyl halides is 7. The van der Waals surface area contributed by atoms with Gasteiger partial charge in [0.05, 0.1) is 11.7 Å². The van der Waals surface area contributed by atoms with Gasteiger partial charge in [-0.15, -0.1) is 0 Å². The number of benzene rings is 2. The minimum absolute atomic E-state index is 0.0947. The first-order chi connectivity index (χ1) is 15.3. The van der Waals surface area contributed by atoms with Crippen LogP contribution in [0.25, 0.3) is 0 Å². The third kappa shape index (κ3) is 8.04. The number of carbonyl (C=O) groups excluding carboxylic acids is 1. The normalized spacial score (nSPS) is 12.8. The van der Waals surface area contributed by atoms with Crippen molar-refractivity contribution in [3.8, 4) is 5.75 Å². The quantitative estimate of drug-likeness (QED) is 0.198. The highest BCUT2D eigenvalue weighted by atomic mass is 35.5. The van der Waals surface area contributed by atoms with Crippen LogP contribution in [0.5, 0.6) is 5.75 Å². The van der Waals surface area contributed by atoms with Crippen molar-refractivity contribution in [1.82, 2.24) is 5.32 Å². The van der Waals surface area contributed by atoms with Gasteiger partial charge in [-0.1, -0.05) is 47.5 Å². The Morgan fingerprint density at radius 1 is 1.03 bits per heavy atom. The summed E-state index contributed by atoms with van der Waals surface area (Å²) in [6.07, 6.45) is -9.03. The molecule has 2 aromatic carbocycles. The minimum atomic E-state index is -4.68. The summed E-state index contributed by atoms with van der Waals surface area (Å²) in [5, 5.41) is 2.40. The molecule has 33 heavy (non-hydrogen) atoms. The van der Waals surface area contributed by atoms with Crippen LogP contribution < -0.4 is 10.1 Å². The van der Waals surface area contributed by atoms with Crippen LogP contribution in [0.3, 0.4) is 0 Å². The van der Waals surface area contributed by atoms with Crippen LogP contribution in [0.4, 0.5) is 26.7 Å². The summed E-state index contributed by atoms with van der Waals surface area (Å²) in [5.74, 6) is -0.700. The van der Waals surface area contributed by atoms with Crippen molar-refractivity contribution in [1.29, 1.82) is 0 Å². The van der Waals surface area contributed by atoms with Gasteiger partial charge in [0.25, 0.3) is 0 Å². The fraction of sp³-hybridized carbons (Fsp3) is 0.333. The number of aliphatic imine (C=N–C) groups is 1. The number of ether oxygens (including phenoxy) is 2. The molecule has 12 heteroatoms. The van der Waals surface area contributed by atoms with Gasteiger partial charge in [-0.2, -0.15) is 26.9 Å². The zero-order chi connectivity index (χ0) is 24.8. The number of urea groups is 1. The van der Waals surface area contributed by atoms with E-state index in [-0.39, 0.29) is 17.9 Å². The second-order valence-electron chi connectivity index (χ2n) is 6.89. The van der Waals surface area contributed by atoms with Crippen molar-refractivity contribution in [2.45, 2.75) is 43.6 Å². The van der Waals surface area contributed by atoms with Gasteiger partial charge in [-0.05, 0) is 43.7 Å². The van der Waals surface area contributed by atoms with Gasteiger partial charge in [0.2, 0.25) is 10.7 Å². The van der Waals surface area contributed by atoms with Crippen molar-refractivity contribution in [3.05, 3.63) is 65.2 Å². The Hall–Kier alpha value is -2.59. The van der Waals surface area contributed by atoms with Gasteiger partial charge in [0.1, 0.15) is 5.75 Å². The first-order valence-corrected chi connectivity index (χ1v) is 10.3. The Morgan fingerprint density at radius 2 is 1.64 bits per heavy atom. The standard InChI is InChI=1S/C21H19Cl2F5N2O3/c1-12(2)32-17(15-5-3-4-6-16(15)20(24,25)26)30-19(31)29-11-13-7-9-14(10-8-13)33-21(27,28)18(22)23/h3-10,12,18H,11H2,1-2H3,(H,29,31). The third-order valence-electron chi connectivity index (χ3n) is 3.89. The van der Waals surface area contributed by atoms with E-state index in [9.17, 15) is 26.7 Å². The Balaban J connectivity index is 2.14. The lowest BCUT2D eigenvalue weighted by Gasteiger charge is -2.18. The first kappa shape index (κ1) is 26.7. The lowest BCUT2D eigenvalue weighted by atomic mass is 10.1. The summed E-state index contributed by atoms with van der Waals surface area (Å²) in [4.78, 5) is 13.8. The van der Waals surface area contributed by atoms with Gasteiger partial charge in [-0.25, -0.2) is 4.79 Å². The summed E-state index contributed by atoms with van der Waals surface area (Å²) in [6, 6.07) is 8.82. The molecule has 0 fully saturated rings. The van der Waals surface area contributed by atoms with Gasteiger partial charge in [0, 0.05) is 12.1 Å². The molecule has 0 aliphatic heterocycles. The predicted octanol–water partition coefficient (Wildman–Crippen LogP) is 6.56. The highest BCUT2D eigenvalue weighted by Gasteiger charge is 2.40. The SMILES string of the molecule is CC(C)OC(=NC(=O)NCc1ccc(OC(F)(F)C(Cl)Cl)cc1)c1ccccc1C(F)(F)F. The zero-order valence-electron chi connectivity index (χ0n) is 17.3. The fourth-order valence-corrected chi connectivity index (χ4v) is 2.57. The maximum absolute atomic E-state index is 13.4. The van der Waals surface area contributed by atoms with Gasteiger partial charge < -0.3 is 14.8 Å². The highest BCUT2D eigenvalue weighted by molar-refractivity contribution is 6.44. The van der Waals surface area contributed by atoms with Crippen LogP contribution in [0.1, 0.15) is 30.5 Å². The molecule has 0 bridgehead atoms. The van der Waals surface area contributed by atoms with Crippen LogP contribution in [-0.2, 0) is 17.5 Å². The number of nitrogens with one attached hydrogen (secondary N) is 1. The Labute approximate surface area is 196 Å². The number of halogens is 7. The number of rotatable bonds is 7. The zero-order valence-corrected chi connectivity index (χ0v) is 18.8. The van der Waals surface area contributed by atoms with Gasteiger partial charge in [-0.3, -0.25) is 0 Å². The van der Waals surface area contributed by atoms with Crippen LogP contribution in [0.15, 0.2) is 53.5 Å². The molecular formula is C21H19Cl2F5N2O3. The van der Waals surface area contributed by atoms with E-state index >= 15 is 0 Å². The average Bonchev–Trinajstić information content (AvgIpc) is 2.71. The van der Waals surface area contributed by atoms with Crippen molar-refractivity contribution in [3.63, 3.8) is 0 Å². The van der Waals surface area contributed by atoms with E-state index in [1.165, 1.54) is 36.4 Å². The summed E-state index contributed by atoms with van der Waals surface area (Å²) < 4.78 is 76.6. The summed E-state index contributed by atoms with van der Waals surface area (Å²) >= 11 is 10.3. The summed E-state index contributed by atoms with van der Waals surface area (Å²) in [7, 11) is 0. The molecule has 0 spiro atoms. The number of nitrogens with zero attached hydrogens (tertiary/aromatic N) is 1. The summed E-state index contributed by atoms with van der Waals surface area (Å²) in [6.45, 7) is 3.06. The largest absolute Gasteiger partial charge is 0.474 e. The highest BCUT2D eigenvalue weighted by Crippen LogP contribution is 2.33. The molecule has 180 valence electrons. The van der Waals surface area contributed by atoms with E-state index in [2.05, 4.69) is 15.0 Å². The smallest absolute Gasteiger partial charge is 0.428 e. The van der Waals surface area contributed by atoms with Crippen molar-refractivity contribution in [2.24, 2.45) is 4.99 Å². The molecule has 0 radical (unpaired) electrons. The fourth-order valence-electron chi connectivity index (χ4n) is 2.48. The van der Waals surface area contributed by atoms with E-state index in [1.54, 1.807) is 13.8 Å². The number of amides is 2. The second kappa shape index (κ2) is 11.0. The van der Waals surface area contributed by atoms with E-state index in [4.69, 9.17) is 27.9 Å². The number of carbonyl (C=O) groups is 1. The minimum Gasteiger partial charge on any atom is -0.474 e. The lowest BCUT2D eigenvalue weighted by molar-refractivity contribution is -0.163. The molecule has 0 aromatic heterocycles. The van der Waals surface area contributed by atoms with Crippen LogP contribution in [-0.4, -0.2) is 29.0 Å². The van der Waals surface area contributed by atoms with Gasteiger partial charge >= 0.3 is 18.3 Å².